The smallest absolute Gasteiger partial charge is 0.134 e. The number of aromatic amines is 1. The van der Waals surface area contributed by atoms with Gasteiger partial charge in [-0.1, -0.05) is 11.6 Å². The fourth-order valence-corrected chi connectivity index (χ4v) is 5.10. The molecule has 5 rings (SSSR count). The van der Waals surface area contributed by atoms with Crippen molar-refractivity contribution in [3.63, 3.8) is 0 Å². The number of ether oxygens (including phenoxy) is 2. The standard InChI is InChI=1S/C28H29ClFN5O2/c1-17-12-31-14-24(29)28(17)18(2)37-21-6-7-26-23(10-21)27(34-33-26)11-25(30)19-4-5-20(32-13-19)15-35-9-8-22(16-35)36-3/h4-7,10-14,18,22H,8-9,15-16H2,1-3H3,(H,33,34)/b25-11-/t18-,22?/m1/s1. The van der Waals surface area contributed by atoms with Crippen molar-refractivity contribution in [2.75, 3.05) is 20.2 Å². The topological polar surface area (TPSA) is 76.2 Å². The molecule has 0 amide bonds. The molecule has 192 valence electrons. The summed E-state index contributed by atoms with van der Waals surface area (Å²) in [4.78, 5) is 10.9. The summed E-state index contributed by atoms with van der Waals surface area (Å²) in [5.41, 5.74) is 4.41. The molecular weight excluding hydrogens is 493 g/mol. The Balaban J connectivity index is 1.32. The molecule has 7 nitrogen and oxygen atoms in total. The Morgan fingerprint density at radius 2 is 2.14 bits per heavy atom. The van der Waals surface area contributed by atoms with E-state index in [0.717, 1.165) is 48.3 Å². The second kappa shape index (κ2) is 11.0. The molecule has 0 saturated carbocycles. The SMILES string of the molecule is COC1CCN(Cc2ccc(/C(F)=C/c3[nH]nc4ccc(O[C@H](C)c5c(C)cncc5Cl)cc34)cn2)C1. The van der Waals surface area contributed by atoms with Crippen LogP contribution in [0.1, 0.15) is 47.5 Å². The van der Waals surface area contributed by atoms with Crippen molar-refractivity contribution in [1.82, 2.24) is 25.1 Å². The van der Waals surface area contributed by atoms with E-state index in [0.29, 0.717) is 27.5 Å². The van der Waals surface area contributed by atoms with Gasteiger partial charge in [0.05, 0.1) is 28.0 Å². The van der Waals surface area contributed by atoms with Gasteiger partial charge in [0.2, 0.25) is 0 Å². The molecule has 4 aromatic rings. The number of benzene rings is 1. The van der Waals surface area contributed by atoms with Crippen molar-refractivity contribution in [3.05, 3.63) is 82.0 Å². The van der Waals surface area contributed by atoms with Crippen LogP contribution in [0.3, 0.4) is 0 Å². The minimum absolute atomic E-state index is 0.274. The highest BCUT2D eigenvalue weighted by Gasteiger charge is 2.22. The van der Waals surface area contributed by atoms with E-state index in [2.05, 4.69) is 25.1 Å². The summed E-state index contributed by atoms with van der Waals surface area (Å²) in [5.74, 6) is 0.233. The third-order valence-corrected chi connectivity index (χ3v) is 7.03. The number of fused-ring (bicyclic) bond motifs is 1. The molecule has 1 fully saturated rings. The number of hydrogen-bond donors (Lipinski definition) is 1. The summed E-state index contributed by atoms with van der Waals surface area (Å²) < 4.78 is 26.8. The number of nitrogens with zero attached hydrogens (tertiary/aromatic N) is 4. The Kier molecular flexibility index (Phi) is 7.50. The molecule has 1 aliphatic heterocycles. The molecule has 1 saturated heterocycles. The zero-order chi connectivity index (χ0) is 25.9. The van der Waals surface area contributed by atoms with E-state index in [9.17, 15) is 0 Å². The van der Waals surface area contributed by atoms with Gasteiger partial charge < -0.3 is 9.47 Å². The zero-order valence-corrected chi connectivity index (χ0v) is 21.8. The molecule has 1 aliphatic rings. The van der Waals surface area contributed by atoms with Crippen molar-refractivity contribution < 1.29 is 13.9 Å². The van der Waals surface area contributed by atoms with Gasteiger partial charge in [0.15, 0.2) is 0 Å². The van der Waals surface area contributed by atoms with Crippen molar-refractivity contribution >= 4 is 34.4 Å². The summed E-state index contributed by atoms with van der Waals surface area (Å²) >= 11 is 6.35. The Morgan fingerprint density at radius 3 is 2.86 bits per heavy atom. The first-order valence-corrected chi connectivity index (χ1v) is 12.6. The van der Waals surface area contributed by atoms with Crippen molar-refractivity contribution in [3.8, 4) is 5.75 Å². The molecule has 0 aliphatic carbocycles. The zero-order valence-electron chi connectivity index (χ0n) is 21.0. The molecule has 9 heteroatoms. The van der Waals surface area contributed by atoms with Crippen LogP contribution in [-0.4, -0.2) is 51.4 Å². The molecule has 4 heterocycles. The first-order chi connectivity index (χ1) is 17.9. The van der Waals surface area contributed by atoms with Crippen LogP contribution in [0.25, 0.3) is 22.8 Å². The number of H-pyrrole nitrogens is 1. The van der Waals surface area contributed by atoms with Crippen LogP contribution in [0.15, 0.2) is 48.9 Å². The van der Waals surface area contributed by atoms with Crippen LogP contribution in [-0.2, 0) is 11.3 Å². The molecule has 37 heavy (non-hydrogen) atoms. The maximum absolute atomic E-state index is 15.2. The molecule has 1 aromatic carbocycles. The fraction of sp³-hybridized carbons (Fsp3) is 0.321. The normalized spacial score (nSPS) is 17.4. The quantitative estimate of drug-likeness (QED) is 0.300. The van der Waals surface area contributed by atoms with Gasteiger partial charge in [-0.3, -0.25) is 20.0 Å². The van der Waals surface area contributed by atoms with E-state index in [4.69, 9.17) is 21.1 Å². The first-order valence-electron chi connectivity index (χ1n) is 12.2. The Morgan fingerprint density at radius 1 is 1.27 bits per heavy atom. The summed E-state index contributed by atoms with van der Waals surface area (Å²) in [6.45, 7) is 6.47. The lowest BCUT2D eigenvalue weighted by Gasteiger charge is -2.18. The van der Waals surface area contributed by atoms with Crippen LogP contribution in [0.4, 0.5) is 4.39 Å². The van der Waals surface area contributed by atoms with Crippen LogP contribution in [0.5, 0.6) is 5.75 Å². The predicted octanol–water partition coefficient (Wildman–Crippen LogP) is 6.14. The van der Waals surface area contributed by atoms with E-state index < -0.39 is 5.83 Å². The fourth-order valence-electron chi connectivity index (χ4n) is 4.74. The maximum atomic E-state index is 15.2. The number of nitrogens with one attached hydrogen (secondary N) is 1. The van der Waals surface area contributed by atoms with Crippen molar-refractivity contribution in [2.24, 2.45) is 0 Å². The number of hydrogen-bond acceptors (Lipinski definition) is 6. The van der Waals surface area contributed by atoms with Gasteiger partial charge in [0, 0.05) is 67.9 Å². The lowest BCUT2D eigenvalue weighted by atomic mass is 10.1. The van der Waals surface area contributed by atoms with Crippen molar-refractivity contribution in [1.29, 1.82) is 0 Å². The summed E-state index contributed by atoms with van der Waals surface area (Å²) in [6.07, 6.45) is 7.38. The van der Waals surface area contributed by atoms with E-state index >= 15 is 4.39 Å². The van der Waals surface area contributed by atoms with Crippen LogP contribution in [0.2, 0.25) is 5.02 Å². The number of aryl methyl sites for hydroxylation is 1. The molecule has 0 radical (unpaired) electrons. The predicted molar refractivity (Wildman–Crippen MR) is 143 cm³/mol. The number of aromatic nitrogens is 4. The minimum atomic E-state index is -0.399. The Labute approximate surface area is 220 Å². The molecule has 1 N–H and O–H groups in total. The highest BCUT2D eigenvalue weighted by molar-refractivity contribution is 6.31. The summed E-state index contributed by atoms with van der Waals surface area (Å²) in [6, 6.07) is 9.16. The van der Waals surface area contributed by atoms with Crippen LogP contribution < -0.4 is 4.74 Å². The summed E-state index contributed by atoms with van der Waals surface area (Å²) in [5, 5.41) is 8.54. The van der Waals surface area contributed by atoms with Gasteiger partial charge in [-0.15, -0.1) is 0 Å². The second-order valence-electron chi connectivity index (χ2n) is 9.34. The number of halogens is 2. The minimum Gasteiger partial charge on any atom is -0.486 e. The Hall–Kier alpha value is -3.33. The number of methoxy groups -OCH3 is 1. The average Bonchev–Trinajstić information content (AvgIpc) is 3.51. The van der Waals surface area contributed by atoms with Crippen LogP contribution >= 0.6 is 11.6 Å². The van der Waals surface area contributed by atoms with Gasteiger partial charge >= 0.3 is 0 Å². The lowest BCUT2D eigenvalue weighted by molar-refractivity contribution is 0.107. The van der Waals surface area contributed by atoms with Crippen molar-refractivity contribution in [2.45, 2.75) is 39.0 Å². The molecule has 2 atom stereocenters. The monoisotopic (exact) mass is 521 g/mol. The van der Waals surface area contributed by atoms with Gasteiger partial charge in [0.1, 0.15) is 17.7 Å². The number of rotatable bonds is 8. The molecule has 0 bridgehead atoms. The second-order valence-corrected chi connectivity index (χ2v) is 9.75. The van der Waals surface area contributed by atoms with E-state index in [-0.39, 0.29) is 12.2 Å². The molecule has 0 spiro atoms. The first kappa shape index (κ1) is 25.3. The highest BCUT2D eigenvalue weighted by Crippen LogP contribution is 2.32. The van der Waals surface area contributed by atoms with E-state index in [1.54, 1.807) is 31.8 Å². The number of pyridine rings is 2. The third kappa shape index (κ3) is 5.66. The molecule has 1 unspecified atom stereocenters. The average molecular weight is 522 g/mol. The Bertz CT molecular complexity index is 1400. The van der Waals surface area contributed by atoms with Gasteiger partial charge in [-0.2, -0.15) is 5.10 Å². The highest BCUT2D eigenvalue weighted by atomic mass is 35.5. The summed E-state index contributed by atoms with van der Waals surface area (Å²) in [7, 11) is 1.74. The van der Waals surface area contributed by atoms with Gasteiger partial charge in [-0.05, 0) is 56.2 Å². The largest absolute Gasteiger partial charge is 0.486 e. The van der Waals surface area contributed by atoms with E-state index in [1.165, 1.54) is 6.08 Å². The lowest BCUT2D eigenvalue weighted by Crippen LogP contribution is -2.22. The van der Waals surface area contributed by atoms with Crippen LogP contribution in [0, 0.1) is 6.92 Å². The maximum Gasteiger partial charge on any atom is 0.134 e. The van der Waals surface area contributed by atoms with Gasteiger partial charge in [-0.25, -0.2) is 4.39 Å². The molecule has 3 aromatic heterocycles. The van der Waals surface area contributed by atoms with E-state index in [1.807, 2.05) is 38.1 Å². The molecular formula is C28H29ClFN5O2. The van der Waals surface area contributed by atoms with Gasteiger partial charge in [0.25, 0.3) is 0 Å². The number of likely N-dealkylation sites (tertiary alicyclic amines) is 1. The third-order valence-electron chi connectivity index (χ3n) is 6.73.